The highest BCUT2D eigenvalue weighted by molar-refractivity contribution is 5.94. The lowest BCUT2D eigenvalue weighted by Crippen LogP contribution is -2.15. The van der Waals surface area contributed by atoms with Gasteiger partial charge < -0.3 is 28.8 Å². The Kier molecular flexibility index (Phi) is 8.46. The number of nitrogens with zero attached hydrogens (tertiary/aromatic N) is 1. The molecular formula is C25H30N2O6. The van der Waals surface area contributed by atoms with E-state index in [1.54, 1.807) is 33.6 Å². The van der Waals surface area contributed by atoms with Crippen molar-refractivity contribution in [3.8, 4) is 33.9 Å². The van der Waals surface area contributed by atoms with Gasteiger partial charge in [0.15, 0.2) is 5.76 Å². The minimum absolute atomic E-state index is 0.174. The summed E-state index contributed by atoms with van der Waals surface area (Å²) in [4.78, 5) is 12.4. The molecule has 0 aliphatic rings. The predicted octanol–water partition coefficient (Wildman–Crippen LogP) is 4.63. The van der Waals surface area contributed by atoms with E-state index in [4.69, 9.17) is 23.5 Å². The van der Waals surface area contributed by atoms with E-state index in [1.165, 1.54) is 0 Å². The number of nitrogens with one attached hydrogen (secondary N) is 1. The second-order valence-electron chi connectivity index (χ2n) is 7.51. The Balaban J connectivity index is 1.85. The lowest BCUT2D eigenvalue weighted by atomic mass is 9.98. The molecule has 33 heavy (non-hydrogen) atoms. The van der Waals surface area contributed by atoms with E-state index in [2.05, 4.69) is 10.5 Å². The van der Waals surface area contributed by atoms with Crippen molar-refractivity contribution in [2.24, 2.45) is 0 Å². The van der Waals surface area contributed by atoms with Gasteiger partial charge in [-0.05, 0) is 54.8 Å². The molecule has 2 aromatic carbocycles. The van der Waals surface area contributed by atoms with Gasteiger partial charge in [-0.1, -0.05) is 11.2 Å². The first-order valence-electron chi connectivity index (χ1n) is 10.6. The lowest BCUT2D eigenvalue weighted by molar-refractivity contribution is -0.117. The summed E-state index contributed by atoms with van der Waals surface area (Å²) < 4.78 is 26.9. The van der Waals surface area contributed by atoms with Crippen LogP contribution in [0.4, 0.5) is 5.69 Å². The fourth-order valence-corrected chi connectivity index (χ4v) is 3.42. The molecule has 0 bridgehead atoms. The number of anilines is 1. The molecule has 1 N–H and O–H groups in total. The highest BCUT2D eigenvalue weighted by Gasteiger charge is 2.18. The topological polar surface area (TPSA) is 92.1 Å². The minimum Gasteiger partial charge on any atom is -0.496 e. The van der Waals surface area contributed by atoms with Gasteiger partial charge in [0.25, 0.3) is 0 Å². The number of aromatic nitrogens is 1. The Morgan fingerprint density at radius 3 is 2.48 bits per heavy atom. The maximum absolute atomic E-state index is 12.4. The molecule has 0 saturated heterocycles. The number of rotatable bonds is 11. The predicted molar refractivity (Wildman–Crippen MR) is 126 cm³/mol. The van der Waals surface area contributed by atoms with Crippen molar-refractivity contribution in [2.45, 2.75) is 20.3 Å². The van der Waals surface area contributed by atoms with Gasteiger partial charge in [-0.25, -0.2) is 0 Å². The average molecular weight is 455 g/mol. The largest absolute Gasteiger partial charge is 0.496 e. The van der Waals surface area contributed by atoms with Crippen LogP contribution in [0.3, 0.4) is 0 Å². The molecule has 3 aromatic rings. The van der Waals surface area contributed by atoms with Gasteiger partial charge in [0.1, 0.15) is 11.5 Å². The van der Waals surface area contributed by atoms with Crippen LogP contribution in [0.5, 0.6) is 11.5 Å². The van der Waals surface area contributed by atoms with Crippen LogP contribution >= 0.6 is 0 Å². The maximum atomic E-state index is 12.4. The zero-order valence-corrected chi connectivity index (χ0v) is 19.7. The molecule has 0 spiro atoms. The van der Waals surface area contributed by atoms with Gasteiger partial charge in [0, 0.05) is 18.2 Å². The van der Waals surface area contributed by atoms with E-state index in [1.807, 2.05) is 38.1 Å². The Bertz CT molecular complexity index is 1090. The molecule has 0 atom stereocenters. The van der Waals surface area contributed by atoms with Crippen LogP contribution in [-0.2, 0) is 14.3 Å². The second kappa shape index (κ2) is 11.5. The van der Waals surface area contributed by atoms with Crippen molar-refractivity contribution in [3.63, 3.8) is 0 Å². The molecule has 8 nitrogen and oxygen atoms in total. The number of ether oxygens (including phenoxy) is 4. The summed E-state index contributed by atoms with van der Waals surface area (Å²) in [5, 5.41) is 6.92. The summed E-state index contributed by atoms with van der Waals surface area (Å²) in [7, 11) is 4.81. The SMILES string of the molecule is COCCOCCC(=O)Nc1cc(-c2cnoc2-c2cc(C)c(C)c(OC)c2)ccc1OC. The molecule has 1 aromatic heterocycles. The number of benzene rings is 2. The van der Waals surface area contributed by atoms with Crippen molar-refractivity contribution in [2.75, 3.05) is 46.5 Å². The second-order valence-corrected chi connectivity index (χ2v) is 7.51. The van der Waals surface area contributed by atoms with E-state index in [0.717, 1.165) is 33.6 Å². The molecule has 0 saturated carbocycles. The fraction of sp³-hybridized carbons (Fsp3) is 0.360. The number of amides is 1. The van der Waals surface area contributed by atoms with Crippen LogP contribution in [-0.4, -0.2) is 52.2 Å². The number of hydrogen-bond donors (Lipinski definition) is 1. The fourth-order valence-electron chi connectivity index (χ4n) is 3.42. The average Bonchev–Trinajstić information content (AvgIpc) is 3.30. The van der Waals surface area contributed by atoms with E-state index in [-0.39, 0.29) is 12.3 Å². The first-order valence-corrected chi connectivity index (χ1v) is 10.6. The quantitative estimate of drug-likeness (QED) is 0.422. The first kappa shape index (κ1) is 24.3. The number of methoxy groups -OCH3 is 3. The van der Waals surface area contributed by atoms with Crippen molar-refractivity contribution in [1.82, 2.24) is 5.16 Å². The Hall–Kier alpha value is -3.36. The number of aryl methyl sites for hydroxylation is 1. The van der Waals surface area contributed by atoms with Crippen molar-refractivity contribution in [1.29, 1.82) is 0 Å². The molecule has 1 heterocycles. The van der Waals surface area contributed by atoms with Crippen molar-refractivity contribution >= 4 is 11.6 Å². The standard InChI is InChI=1S/C25H30N2O6/c1-16-12-19(14-23(31-5)17(16)2)25-20(15-26-33-25)18-6-7-22(30-4)21(13-18)27-24(28)8-9-32-11-10-29-3/h6-7,12-15H,8-11H2,1-5H3,(H,27,28). The summed E-state index contributed by atoms with van der Waals surface area (Å²) in [6, 6.07) is 9.52. The monoisotopic (exact) mass is 454 g/mol. The van der Waals surface area contributed by atoms with Gasteiger partial charge in [-0.2, -0.15) is 0 Å². The maximum Gasteiger partial charge on any atom is 0.226 e. The molecule has 176 valence electrons. The summed E-state index contributed by atoms with van der Waals surface area (Å²) >= 11 is 0. The number of carbonyl (C=O) groups excluding carboxylic acids is 1. The van der Waals surface area contributed by atoms with Crippen LogP contribution < -0.4 is 14.8 Å². The third-order valence-corrected chi connectivity index (χ3v) is 5.36. The Morgan fingerprint density at radius 1 is 0.970 bits per heavy atom. The van der Waals surface area contributed by atoms with Gasteiger partial charge in [-0.3, -0.25) is 4.79 Å². The highest BCUT2D eigenvalue weighted by atomic mass is 16.5. The summed E-state index contributed by atoms with van der Waals surface area (Å²) in [5.41, 5.74) is 5.20. The van der Waals surface area contributed by atoms with Gasteiger partial charge in [0.2, 0.25) is 5.91 Å². The van der Waals surface area contributed by atoms with Gasteiger partial charge in [-0.15, -0.1) is 0 Å². The Labute approximate surface area is 193 Å². The molecule has 1 amide bonds. The molecule has 3 rings (SSSR count). The summed E-state index contributed by atoms with van der Waals surface area (Å²) in [6.07, 6.45) is 1.88. The smallest absolute Gasteiger partial charge is 0.226 e. The van der Waals surface area contributed by atoms with Crippen molar-refractivity contribution in [3.05, 3.63) is 47.7 Å². The van der Waals surface area contributed by atoms with E-state index in [9.17, 15) is 4.79 Å². The molecule has 0 unspecified atom stereocenters. The van der Waals surface area contributed by atoms with Crippen LogP contribution in [0.15, 0.2) is 41.1 Å². The number of carbonyl (C=O) groups is 1. The molecule has 0 aliphatic heterocycles. The third kappa shape index (κ3) is 5.91. The number of hydrogen-bond acceptors (Lipinski definition) is 7. The van der Waals surface area contributed by atoms with E-state index >= 15 is 0 Å². The van der Waals surface area contributed by atoms with E-state index < -0.39 is 0 Å². The first-order chi connectivity index (χ1) is 16.0. The van der Waals surface area contributed by atoms with Crippen LogP contribution in [0.25, 0.3) is 22.5 Å². The van der Waals surface area contributed by atoms with Gasteiger partial charge in [0.05, 0.1) is 52.3 Å². The molecule has 8 heteroatoms. The molecule has 0 radical (unpaired) electrons. The summed E-state index contributed by atoms with van der Waals surface area (Å²) in [5.74, 6) is 1.78. The molecule has 0 aliphatic carbocycles. The Morgan fingerprint density at radius 2 is 1.76 bits per heavy atom. The zero-order chi connectivity index (χ0) is 23.8. The van der Waals surface area contributed by atoms with Crippen LogP contribution in [0.1, 0.15) is 17.5 Å². The lowest BCUT2D eigenvalue weighted by Gasteiger charge is -2.13. The van der Waals surface area contributed by atoms with Crippen molar-refractivity contribution < 1.29 is 28.3 Å². The zero-order valence-electron chi connectivity index (χ0n) is 19.7. The normalized spacial score (nSPS) is 10.8. The van der Waals surface area contributed by atoms with Gasteiger partial charge >= 0.3 is 0 Å². The van der Waals surface area contributed by atoms with Crippen LogP contribution in [0, 0.1) is 13.8 Å². The summed E-state index contributed by atoms with van der Waals surface area (Å²) in [6.45, 7) is 5.28. The third-order valence-electron chi connectivity index (χ3n) is 5.36. The van der Waals surface area contributed by atoms with Crippen LogP contribution in [0.2, 0.25) is 0 Å². The minimum atomic E-state index is -0.174. The molecular weight excluding hydrogens is 424 g/mol. The molecule has 0 fully saturated rings. The van der Waals surface area contributed by atoms with E-state index in [0.29, 0.717) is 37.0 Å². The highest BCUT2D eigenvalue weighted by Crippen LogP contribution is 2.38.